The standard InChI is InChI=1S/C28H39BrN6O5Si/c1-34-14-16-35(17-15-34)13-7-12-30-28-32-26(37-2)24(27(33-28)38-3)31-25(36)21-10-11-23(39-21)40-22-18-19(41(4,5)6)8-9-20(22)29/h8-11,18H,7,12-17H2,1-6H3,(H,31,36)(H,30,32,33). The van der Waals surface area contributed by atoms with Gasteiger partial charge in [0.05, 0.1) is 26.8 Å². The summed E-state index contributed by atoms with van der Waals surface area (Å²) in [6.45, 7) is 12.8. The summed E-state index contributed by atoms with van der Waals surface area (Å²) in [5.74, 6) is 1.03. The van der Waals surface area contributed by atoms with Crippen LogP contribution in [0.25, 0.3) is 0 Å². The smallest absolute Gasteiger partial charge is 0.291 e. The Hall–Kier alpha value is -3.13. The number of likely N-dealkylation sites (N-methyl/N-ethyl adjacent to an activating group) is 1. The van der Waals surface area contributed by atoms with Crippen molar-refractivity contribution in [3.8, 4) is 23.5 Å². The van der Waals surface area contributed by atoms with Crippen LogP contribution in [0.4, 0.5) is 11.6 Å². The molecule has 13 heteroatoms. The van der Waals surface area contributed by atoms with Crippen LogP contribution in [0.3, 0.4) is 0 Å². The molecule has 0 bridgehead atoms. The fourth-order valence-electron chi connectivity index (χ4n) is 4.31. The van der Waals surface area contributed by atoms with Crippen LogP contribution in [0.1, 0.15) is 17.0 Å². The van der Waals surface area contributed by atoms with Crippen LogP contribution >= 0.6 is 15.9 Å². The van der Waals surface area contributed by atoms with Crippen molar-refractivity contribution in [1.29, 1.82) is 0 Å². The number of anilines is 2. The molecule has 1 aliphatic heterocycles. The topological polar surface area (TPSA) is 114 Å². The molecule has 2 aromatic heterocycles. The summed E-state index contributed by atoms with van der Waals surface area (Å²) < 4.78 is 23.4. The molecular weight excluding hydrogens is 608 g/mol. The van der Waals surface area contributed by atoms with E-state index in [9.17, 15) is 4.79 Å². The molecule has 1 aliphatic rings. The SMILES string of the molecule is COc1nc(NCCCN2CCN(C)CC2)nc(OC)c1NC(=O)c1ccc(Oc2cc([Si](C)(C)C)ccc2Br)o1. The van der Waals surface area contributed by atoms with Crippen molar-refractivity contribution >= 4 is 46.7 Å². The highest BCUT2D eigenvalue weighted by Crippen LogP contribution is 2.34. The lowest BCUT2D eigenvalue weighted by atomic mass is 10.3. The zero-order valence-electron chi connectivity index (χ0n) is 24.5. The lowest BCUT2D eigenvalue weighted by molar-refractivity contribution is 0.0990. The minimum atomic E-state index is -1.54. The molecule has 222 valence electrons. The normalized spacial score (nSPS) is 14.5. The number of amides is 1. The molecule has 3 heterocycles. The number of carbonyl (C=O) groups excluding carboxylic acids is 1. The number of benzene rings is 1. The summed E-state index contributed by atoms with van der Waals surface area (Å²) in [5, 5.41) is 7.22. The molecule has 0 spiro atoms. The molecule has 1 amide bonds. The first kappa shape index (κ1) is 30.8. The highest BCUT2D eigenvalue weighted by Gasteiger charge is 2.23. The van der Waals surface area contributed by atoms with Crippen LogP contribution in [-0.2, 0) is 0 Å². The number of methoxy groups -OCH3 is 2. The van der Waals surface area contributed by atoms with Gasteiger partial charge in [-0.15, -0.1) is 0 Å². The van der Waals surface area contributed by atoms with Gasteiger partial charge < -0.3 is 39.1 Å². The number of furan rings is 1. The average molecular weight is 648 g/mol. The Labute approximate surface area is 250 Å². The highest BCUT2D eigenvalue weighted by atomic mass is 79.9. The minimum Gasteiger partial charge on any atom is -0.479 e. The third kappa shape index (κ3) is 8.21. The van der Waals surface area contributed by atoms with Gasteiger partial charge in [0.15, 0.2) is 11.4 Å². The number of carbonyl (C=O) groups is 1. The first-order chi connectivity index (χ1) is 19.6. The maximum Gasteiger partial charge on any atom is 0.291 e. The molecule has 0 atom stereocenters. The molecular formula is C28H39BrN6O5Si. The fraction of sp³-hybridized carbons (Fsp3) is 0.464. The first-order valence-electron chi connectivity index (χ1n) is 13.6. The lowest BCUT2D eigenvalue weighted by Crippen LogP contribution is -2.44. The van der Waals surface area contributed by atoms with Crippen LogP contribution in [0.15, 0.2) is 39.2 Å². The van der Waals surface area contributed by atoms with Crippen molar-refractivity contribution in [3.05, 3.63) is 40.6 Å². The van der Waals surface area contributed by atoms with Crippen molar-refractivity contribution in [2.24, 2.45) is 0 Å². The number of ether oxygens (including phenoxy) is 3. The third-order valence-corrected chi connectivity index (χ3v) is 9.51. The molecule has 1 aromatic carbocycles. The summed E-state index contributed by atoms with van der Waals surface area (Å²) in [4.78, 5) is 26.7. The van der Waals surface area contributed by atoms with Crippen LogP contribution in [-0.4, -0.2) is 94.3 Å². The van der Waals surface area contributed by atoms with Crippen molar-refractivity contribution in [3.63, 3.8) is 0 Å². The molecule has 41 heavy (non-hydrogen) atoms. The van der Waals surface area contributed by atoms with E-state index < -0.39 is 14.0 Å². The number of halogens is 1. The number of nitrogens with one attached hydrogen (secondary N) is 2. The Morgan fingerprint density at radius 2 is 1.73 bits per heavy atom. The molecule has 2 N–H and O–H groups in total. The largest absolute Gasteiger partial charge is 0.479 e. The Kier molecular flexibility index (Phi) is 10.3. The zero-order chi connectivity index (χ0) is 29.6. The molecule has 4 rings (SSSR count). The lowest BCUT2D eigenvalue weighted by Gasteiger charge is -2.32. The van der Waals surface area contributed by atoms with Crippen molar-refractivity contribution in [2.75, 3.05) is 71.2 Å². The van der Waals surface area contributed by atoms with Crippen LogP contribution in [0.2, 0.25) is 19.6 Å². The van der Waals surface area contributed by atoms with E-state index in [1.54, 1.807) is 6.07 Å². The maximum atomic E-state index is 13.1. The van der Waals surface area contributed by atoms with Crippen LogP contribution < -0.4 is 30.0 Å². The Bertz CT molecular complexity index is 1310. The van der Waals surface area contributed by atoms with Crippen LogP contribution in [0, 0.1) is 0 Å². The molecule has 1 saturated heterocycles. The Morgan fingerprint density at radius 1 is 1.05 bits per heavy atom. The Balaban J connectivity index is 1.39. The number of nitrogens with zero attached hydrogens (tertiary/aromatic N) is 4. The van der Waals surface area contributed by atoms with Gasteiger partial charge in [-0.1, -0.05) is 30.9 Å². The van der Waals surface area contributed by atoms with Gasteiger partial charge in [-0.3, -0.25) is 4.79 Å². The predicted molar refractivity (Wildman–Crippen MR) is 166 cm³/mol. The van der Waals surface area contributed by atoms with Gasteiger partial charge in [0.2, 0.25) is 17.7 Å². The van der Waals surface area contributed by atoms with Gasteiger partial charge in [0.25, 0.3) is 11.9 Å². The zero-order valence-corrected chi connectivity index (χ0v) is 27.1. The predicted octanol–water partition coefficient (Wildman–Crippen LogP) is 4.49. The fourth-order valence-corrected chi connectivity index (χ4v) is 5.78. The number of aromatic nitrogens is 2. The van der Waals surface area contributed by atoms with E-state index in [2.05, 4.69) is 79.1 Å². The molecule has 0 radical (unpaired) electrons. The summed E-state index contributed by atoms with van der Waals surface area (Å²) in [5.41, 5.74) is 0.201. The summed E-state index contributed by atoms with van der Waals surface area (Å²) in [7, 11) is 3.55. The summed E-state index contributed by atoms with van der Waals surface area (Å²) in [6, 6.07) is 9.21. The quantitative estimate of drug-likeness (QED) is 0.215. The van der Waals surface area contributed by atoms with Gasteiger partial charge >= 0.3 is 0 Å². The minimum absolute atomic E-state index is 0.0488. The monoisotopic (exact) mass is 646 g/mol. The second-order valence-corrected chi connectivity index (χ2v) is 16.9. The van der Waals surface area contributed by atoms with E-state index >= 15 is 0 Å². The summed E-state index contributed by atoms with van der Waals surface area (Å²) >= 11 is 3.53. The van der Waals surface area contributed by atoms with E-state index in [1.165, 1.54) is 25.5 Å². The molecule has 0 saturated carbocycles. The van der Waals surface area contributed by atoms with Gasteiger partial charge in [0, 0.05) is 38.8 Å². The average Bonchev–Trinajstić information content (AvgIpc) is 3.41. The second kappa shape index (κ2) is 13.7. The van der Waals surface area contributed by atoms with Gasteiger partial charge in [-0.25, -0.2) is 0 Å². The van der Waals surface area contributed by atoms with Gasteiger partial charge in [-0.2, -0.15) is 9.97 Å². The second-order valence-electron chi connectivity index (χ2n) is 10.9. The van der Waals surface area contributed by atoms with E-state index in [4.69, 9.17) is 18.6 Å². The van der Waals surface area contributed by atoms with E-state index in [0.29, 0.717) is 18.2 Å². The van der Waals surface area contributed by atoms with E-state index in [1.807, 2.05) is 12.1 Å². The van der Waals surface area contributed by atoms with Gasteiger partial charge in [-0.05, 0) is 54.1 Å². The molecule has 11 nitrogen and oxygen atoms in total. The van der Waals surface area contributed by atoms with E-state index in [-0.39, 0.29) is 29.2 Å². The van der Waals surface area contributed by atoms with Crippen molar-refractivity contribution in [2.45, 2.75) is 26.1 Å². The first-order valence-corrected chi connectivity index (χ1v) is 17.9. The van der Waals surface area contributed by atoms with Gasteiger partial charge in [0.1, 0.15) is 5.75 Å². The van der Waals surface area contributed by atoms with Crippen molar-refractivity contribution < 1.29 is 23.4 Å². The molecule has 0 aliphatic carbocycles. The highest BCUT2D eigenvalue weighted by molar-refractivity contribution is 9.10. The summed E-state index contributed by atoms with van der Waals surface area (Å²) in [6.07, 6.45) is 0.943. The molecule has 1 fully saturated rings. The Morgan fingerprint density at radius 3 is 2.37 bits per heavy atom. The number of piperazine rings is 1. The maximum absolute atomic E-state index is 13.1. The van der Waals surface area contributed by atoms with Crippen LogP contribution in [0.5, 0.6) is 23.5 Å². The van der Waals surface area contributed by atoms with Crippen molar-refractivity contribution in [1.82, 2.24) is 19.8 Å². The number of hydrogen-bond acceptors (Lipinski definition) is 10. The molecule has 0 unspecified atom stereocenters. The third-order valence-electron chi connectivity index (χ3n) is 6.81. The number of rotatable bonds is 12. The number of hydrogen-bond donors (Lipinski definition) is 2. The molecule has 3 aromatic rings. The van der Waals surface area contributed by atoms with E-state index in [0.717, 1.165) is 43.6 Å².